The van der Waals surface area contributed by atoms with E-state index in [1.807, 2.05) is 12.1 Å². The summed E-state index contributed by atoms with van der Waals surface area (Å²) in [6.07, 6.45) is 6.54. The average Bonchev–Trinajstić information content (AvgIpc) is 2.37. The van der Waals surface area contributed by atoms with Crippen molar-refractivity contribution < 1.29 is 4.79 Å². The maximum absolute atomic E-state index is 11.4. The van der Waals surface area contributed by atoms with Gasteiger partial charge in [0.2, 0.25) is 5.91 Å². The van der Waals surface area contributed by atoms with E-state index in [0.717, 1.165) is 18.4 Å². The predicted octanol–water partition coefficient (Wildman–Crippen LogP) is 3.76. The van der Waals surface area contributed by atoms with Gasteiger partial charge >= 0.3 is 0 Å². The van der Waals surface area contributed by atoms with Crippen molar-refractivity contribution in [3.8, 4) is 0 Å². The van der Waals surface area contributed by atoms with Gasteiger partial charge in [-0.1, -0.05) is 49.9 Å². The maximum Gasteiger partial charge on any atom is 0.240 e. The molecule has 0 saturated heterocycles. The fraction of sp³-hybridized carbons (Fsp3) is 0.429. The molecule has 1 rings (SSSR count). The zero-order valence-electron chi connectivity index (χ0n) is 10.7. The van der Waals surface area contributed by atoms with Gasteiger partial charge in [0.1, 0.15) is 0 Å². The largest absolute Gasteiger partial charge is 0.273 e. The van der Waals surface area contributed by atoms with Crippen molar-refractivity contribution in [2.75, 3.05) is 0 Å². The van der Waals surface area contributed by atoms with Crippen LogP contribution in [0.15, 0.2) is 29.4 Å². The SMILES string of the molecule is CCCCCCC(=O)NN=Cc1ccc(Cl)cc1. The van der Waals surface area contributed by atoms with Gasteiger partial charge in [0.25, 0.3) is 0 Å². The summed E-state index contributed by atoms with van der Waals surface area (Å²) in [6, 6.07) is 7.27. The molecule has 0 aliphatic carbocycles. The average molecular weight is 267 g/mol. The lowest BCUT2D eigenvalue weighted by atomic mass is 10.1. The van der Waals surface area contributed by atoms with Crippen molar-refractivity contribution in [1.29, 1.82) is 0 Å². The van der Waals surface area contributed by atoms with Gasteiger partial charge < -0.3 is 0 Å². The van der Waals surface area contributed by atoms with Gasteiger partial charge in [-0.3, -0.25) is 4.79 Å². The standard InChI is InChI=1S/C14H19ClN2O/c1-2-3-4-5-6-14(18)17-16-11-12-7-9-13(15)10-8-12/h7-11H,2-6H2,1H3,(H,17,18). The summed E-state index contributed by atoms with van der Waals surface area (Å²) in [5, 5.41) is 4.59. The molecule has 0 unspecified atom stereocenters. The molecule has 1 aromatic rings. The molecule has 0 radical (unpaired) electrons. The molecule has 0 atom stereocenters. The Hall–Kier alpha value is -1.35. The second kappa shape index (κ2) is 8.70. The van der Waals surface area contributed by atoms with Gasteiger partial charge in [-0.25, -0.2) is 5.43 Å². The minimum atomic E-state index is -0.0312. The number of hydrazone groups is 1. The number of halogens is 1. The van der Waals surface area contributed by atoms with Crippen LogP contribution in [-0.2, 0) is 4.79 Å². The summed E-state index contributed by atoms with van der Waals surface area (Å²) in [5.41, 5.74) is 3.43. The van der Waals surface area contributed by atoms with E-state index in [1.54, 1.807) is 18.3 Å². The van der Waals surface area contributed by atoms with E-state index in [0.29, 0.717) is 11.4 Å². The third-order valence-corrected chi connectivity index (χ3v) is 2.78. The molecule has 0 spiro atoms. The number of carbonyl (C=O) groups excluding carboxylic acids is 1. The summed E-state index contributed by atoms with van der Waals surface area (Å²) in [5.74, 6) is -0.0312. The van der Waals surface area contributed by atoms with Crippen molar-refractivity contribution in [1.82, 2.24) is 5.43 Å². The summed E-state index contributed by atoms with van der Waals surface area (Å²) >= 11 is 5.76. The Morgan fingerprint density at radius 3 is 2.67 bits per heavy atom. The molecule has 98 valence electrons. The van der Waals surface area contributed by atoms with Crippen LogP contribution in [0, 0.1) is 0 Å². The van der Waals surface area contributed by atoms with Gasteiger partial charge in [0.05, 0.1) is 6.21 Å². The molecule has 4 heteroatoms. The van der Waals surface area contributed by atoms with Crippen LogP contribution in [0.4, 0.5) is 0 Å². The van der Waals surface area contributed by atoms with Crippen molar-refractivity contribution in [2.45, 2.75) is 39.0 Å². The van der Waals surface area contributed by atoms with Gasteiger partial charge in [0.15, 0.2) is 0 Å². The molecule has 1 N–H and O–H groups in total. The minimum absolute atomic E-state index is 0.0312. The Labute approximate surface area is 113 Å². The van der Waals surface area contributed by atoms with E-state index in [1.165, 1.54) is 12.8 Å². The van der Waals surface area contributed by atoms with E-state index < -0.39 is 0 Å². The molecule has 0 fully saturated rings. The fourth-order valence-electron chi connectivity index (χ4n) is 1.50. The molecule has 0 aromatic heterocycles. The lowest BCUT2D eigenvalue weighted by molar-refractivity contribution is -0.121. The Bertz CT molecular complexity index is 387. The second-order valence-electron chi connectivity index (χ2n) is 4.16. The molecule has 18 heavy (non-hydrogen) atoms. The molecule has 1 amide bonds. The van der Waals surface area contributed by atoms with Crippen LogP contribution >= 0.6 is 11.6 Å². The Morgan fingerprint density at radius 1 is 1.28 bits per heavy atom. The van der Waals surface area contributed by atoms with Crippen molar-refractivity contribution in [3.05, 3.63) is 34.9 Å². The quantitative estimate of drug-likeness (QED) is 0.456. The fourth-order valence-corrected chi connectivity index (χ4v) is 1.62. The monoisotopic (exact) mass is 266 g/mol. The van der Waals surface area contributed by atoms with Crippen LogP contribution in [0.2, 0.25) is 5.02 Å². The van der Waals surface area contributed by atoms with Crippen LogP contribution in [0.5, 0.6) is 0 Å². The topological polar surface area (TPSA) is 41.5 Å². The highest BCUT2D eigenvalue weighted by atomic mass is 35.5. The molecular formula is C14H19ClN2O. The number of nitrogens with zero attached hydrogens (tertiary/aromatic N) is 1. The van der Waals surface area contributed by atoms with Crippen LogP contribution in [0.1, 0.15) is 44.6 Å². The molecular weight excluding hydrogens is 248 g/mol. The number of hydrogen-bond acceptors (Lipinski definition) is 2. The van der Waals surface area contributed by atoms with E-state index in [-0.39, 0.29) is 5.91 Å². The predicted molar refractivity (Wildman–Crippen MR) is 75.9 cm³/mol. The third-order valence-electron chi connectivity index (χ3n) is 2.53. The van der Waals surface area contributed by atoms with Crippen LogP contribution in [0.25, 0.3) is 0 Å². The Kier molecular flexibility index (Phi) is 7.11. The molecule has 0 heterocycles. The van der Waals surface area contributed by atoms with Gasteiger partial charge in [0, 0.05) is 11.4 Å². The summed E-state index contributed by atoms with van der Waals surface area (Å²) in [6.45, 7) is 2.15. The zero-order chi connectivity index (χ0) is 13.2. The van der Waals surface area contributed by atoms with Crippen molar-refractivity contribution in [3.63, 3.8) is 0 Å². The number of carbonyl (C=O) groups is 1. The lowest BCUT2D eigenvalue weighted by Gasteiger charge is -1.99. The minimum Gasteiger partial charge on any atom is -0.273 e. The lowest BCUT2D eigenvalue weighted by Crippen LogP contribution is -2.16. The first-order valence-corrected chi connectivity index (χ1v) is 6.67. The van der Waals surface area contributed by atoms with E-state index in [9.17, 15) is 4.79 Å². The zero-order valence-corrected chi connectivity index (χ0v) is 11.4. The van der Waals surface area contributed by atoms with E-state index >= 15 is 0 Å². The summed E-state index contributed by atoms with van der Waals surface area (Å²) < 4.78 is 0. The van der Waals surface area contributed by atoms with Crippen LogP contribution in [0.3, 0.4) is 0 Å². The van der Waals surface area contributed by atoms with Gasteiger partial charge in [-0.05, 0) is 24.1 Å². The van der Waals surface area contributed by atoms with Crippen molar-refractivity contribution >= 4 is 23.7 Å². The van der Waals surface area contributed by atoms with Gasteiger partial charge in [-0.15, -0.1) is 0 Å². The first kappa shape index (κ1) is 14.7. The summed E-state index contributed by atoms with van der Waals surface area (Å²) in [7, 11) is 0. The Balaban J connectivity index is 2.23. The van der Waals surface area contributed by atoms with Gasteiger partial charge in [-0.2, -0.15) is 5.10 Å². The number of rotatable bonds is 7. The highest BCUT2D eigenvalue weighted by molar-refractivity contribution is 6.30. The van der Waals surface area contributed by atoms with Crippen LogP contribution < -0.4 is 5.43 Å². The number of nitrogens with one attached hydrogen (secondary N) is 1. The molecule has 0 aliphatic heterocycles. The first-order chi connectivity index (χ1) is 8.72. The highest BCUT2D eigenvalue weighted by Crippen LogP contribution is 2.07. The molecule has 0 bridgehead atoms. The molecule has 3 nitrogen and oxygen atoms in total. The number of benzene rings is 1. The Morgan fingerprint density at radius 2 is 2.00 bits per heavy atom. The molecule has 0 aliphatic rings. The number of unbranched alkanes of at least 4 members (excludes halogenated alkanes) is 3. The normalized spacial score (nSPS) is 10.8. The molecule has 1 aromatic carbocycles. The van der Waals surface area contributed by atoms with Crippen LogP contribution in [-0.4, -0.2) is 12.1 Å². The smallest absolute Gasteiger partial charge is 0.240 e. The first-order valence-electron chi connectivity index (χ1n) is 6.30. The number of amides is 1. The third kappa shape index (κ3) is 6.40. The number of hydrogen-bond donors (Lipinski definition) is 1. The summed E-state index contributed by atoms with van der Waals surface area (Å²) in [4.78, 5) is 11.4. The second-order valence-corrected chi connectivity index (χ2v) is 4.59. The molecule has 0 saturated carbocycles. The van der Waals surface area contributed by atoms with E-state index in [4.69, 9.17) is 11.6 Å². The van der Waals surface area contributed by atoms with E-state index in [2.05, 4.69) is 17.5 Å². The van der Waals surface area contributed by atoms with Crippen molar-refractivity contribution in [2.24, 2.45) is 5.10 Å². The highest BCUT2D eigenvalue weighted by Gasteiger charge is 1.98. The maximum atomic E-state index is 11.4.